The van der Waals surface area contributed by atoms with Gasteiger partial charge in [-0.05, 0) is 43.5 Å². The quantitative estimate of drug-likeness (QED) is 0.456. The number of fused-ring (bicyclic) bond motifs is 1. The molecule has 0 radical (unpaired) electrons. The molecule has 0 amide bonds. The summed E-state index contributed by atoms with van der Waals surface area (Å²) >= 11 is 1.68. The number of esters is 1. The fraction of sp³-hybridized carbons (Fsp3) is 0.273. The van der Waals surface area contributed by atoms with Gasteiger partial charge in [0.2, 0.25) is 11.9 Å². The Morgan fingerprint density at radius 2 is 1.97 bits per heavy atom. The molecule has 7 heteroatoms. The van der Waals surface area contributed by atoms with Crippen molar-refractivity contribution in [2.45, 2.75) is 26.5 Å². The second kappa shape index (κ2) is 8.13. The smallest absolute Gasteiger partial charge is 0.351 e. The van der Waals surface area contributed by atoms with Crippen LogP contribution in [0.25, 0.3) is 0 Å². The van der Waals surface area contributed by atoms with E-state index in [4.69, 9.17) is 14.2 Å². The van der Waals surface area contributed by atoms with Gasteiger partial charge in [0, 0.05) is 21.8 Å². The number of rotatable bonds is 6. The van der Waals surface area contributed by atoms with Crippen LogP contribution in [-0.2, 0) is 16.1 Å². The van der Waals surface area contributed by atoms with Gasteiger partial charge in [-0.15, -0.1) is 11.3 Å². The SMILES string of the molecule is Cc1cc(C(=O)COC(=O)[C@@H]2COc3ccccc3O2)c(C)n1Cc1cccs1. The minimum Gasteiger partial charge on any atom is -0.485 e. The molecule has 0 fully saturated rings. The summed E-state index contributed by atoms with van der Waals surface area (Å²) in [6, 6.07) is 13.0. The monoisotopic (exact) mass is 411 g/mol. The molecular formula is C22H21NO5S. The van der Waals surface area contributed by atoms with Crippen LogP contribution in [0.15, 0.2) is 47.8 Å². The van der Waals surface area contributed by atoms with Crippen LogP contribution in [0, 0.1) is 13.8 Å². The molecule has 3 heterocycles. The number of hydrogen-bond donors (Lipinski definition) is 0. The molecule has 1 aliphatic rings. The maximum atomic E-state index is 12.7. The summed E-state index contributed by atoms with van der Waals surface area (Å²) in [4.78, 5) is 26.2. The van der Waals surface area contributed by atoms with Gasteiger partial charge in [-0.2, -0.15) is 0 Å². The molecule has 6 nitrogen and oxygen atoms in total. The molecule has 0 N–H and O–H groups in total. The second-order valence-corrected chi connectivity index (χ2v) is 7.88. The van der Waals surface area contributed by atoms with Gasteiger partial charge in [0.05, 0.1) is 6.54 Å². The standard InChI is InChI=1S/C22H21NO5S/c1-14-10-17(15(2)23(14)11-16-6-5-9-29-16)18(24)12-27-22(25)21-13-26-19-7-3-4-8-20(19)28-21/h3-10,21H,11-13H2,1-2H3/t21-/m0/s1. The Kier molecular flexibility index (Phi) is 5.40. The first-order chi connectivity index (χ1) is 14.0. The Morgan fingerprint density at radius 3 is 2.72 bits per heavy atom. The highest BCUT2D eigenvalue weighted by Gasteiger charge is 2.29. The van der Waals surface area contributed by atoms with Crippen molar-refractivity contribution in [3.05, 3.63) is 69.7 Å². The molecule has 4 rings (SSSR count). The Balaban J connectivity index is 1.38. The molecule has 3 aromatic rings. The normalized spacial score (nSPS) is 15.2. The van der Waals surface area contributed by atoms with Crippen LogP contribution in [0.3, 0.4) is 0 Å². The third-order valence-electron chi connectivity index (χ3n) is 4.89. The Morgan fingerprint density at radius 1 is 1.17 bits per heavy atom. The first kappa shape index (κ1) is 19.3. The molecule has 0 unspecified atom stereocenters. The van der Waals surface area contributed by atoms with Gasteiger partial charge in [-0.3, -0.25) is 4.79 Å². The van der Waals surface area contributed by atoms with E-state index in [0.717, 1.165) is 17.9 Å². The molecule has 0 bridgehead atoms. The van der Waals surface area contributed by atoms with Gasteiger partial charge in [-0.1, -0.05) is 18.2 Å². The van der Waals surface area contributed by atoms with Crippen LogP contribution in [-0.4, -0.2) is 35.6 Å². The van der Waals surface area contributed by atoms with E-state index in [0.29, 0.717) is 17.1 Å². The van der Waals surface area contributed by atoms with E-state index >= 15 is 0 Å². The number of thiophene rings is 1. The second-order valence-electron chi connectivity index (χ2n) is 6.85. The lowest BCUT2D eigenvalue weighted by Gasteiger charge is -2.24. The van der Waals surface area contributed by atoms with Crippen LogP contribution in [0.4, 0.5) is 0 Å². The van der Waals surface area contributed by atoms with Gasteiger partial charge in [0.1, 0.15) is 6.61 Å². The highest BCUT2D eigenvalue weighted by atomic mass is 32.1. The van der Waals surface area contributed by atoms with Gasteiger partial charge < -0.3 is 18.8 Å². The maximum Gasteiger partial charge on any atom is 0.351 e. The first-order valence-corrected chi connectivity index (χ1v) is 10.2. The summed E-state index contributed by atoms with van der Waals surface area (Å²) in [5.41, 5.74) is 2.42. The topological polar surface area (TPSA) is 66.8 Å². The van der Waals surface area contributed by atoms with Crippen LogP contribution in [0.5, 0.6) is 11.5 Å². The average molecular weight is 411 g/mol. The van der Waals surface area contributed by atoms with E-state index in [1.54, 1.807) is 29.5 Å². The Hall–Kier alpha value is -3.06. The van der Waals surface area contributed by atoms with Crippen LogP contribution >= 0.6 is 11.3 Å². The van der Waals surface area contributed by atoms with E-state index in [2.05, 4.69) is 10.6 Å². The Labute approximate surface area is 172 Å². The first-order valence-electron chi connectivity index (χ1n) is 9.30. The van der Waals surface area contributed by atoms with Crippen molar-refractivity contribution >= 4 is 23.1 Å². The molecule has 1 aliphatic heterocycles. The highest BCUT2D eigenvalue weighted by Crippen LogP contribution is 2.31. The number of benzene rings is 1. The van der Waals surface area contributed by atoms with Crippen molar-refractivity contribution in [3.8, 4) is 11.5 Å². The summed E-state index contributed by atoms with van der Waals surface area (Å²) < 4.78 is 18.5. The molecule has 1 aromatic carbocycles. The fourth-order valence-corrected chi connectivity index (χ4v) is 4.02. The van der Waals surface area contributed by atoms with Gasteiger partial charge in [-0.25, -0.2) is 4.79 Å². The number of hydrogen-bond acceptors (Lipinski definition) is 6. The highest BCUT2D eigenvalue weighted by molar-refractivity contribution is 7.09. The third kappa shape index (κ3) is 4.05. The van der Waals surface area contributed by atoms with Crippen LogP contribution in [0.1, 0.15) is 26.6 Å². The molecule has 2 aromatic heterocycles. The third-order valence-corrected chi connectivity index (χ3v) is 5.75. The van der Waals surface area contributed by atoms with E-state index in [1.165, 1.54) is 4.88 Å². The van der Waals surface area contributed by atoms with Gasteiger partial charge in [0.25, 0.3) is 0 Å². The summed E-state index contributed by atoms with van der Waals surface area (Å²) in [6.45, 7) is 4.32. The predicted octanol–water partition coefficient (Wildman–Crippen LogP) is 3.78. The predicted molar refractivity (Wildman–Crippen MR) is 109 cm³/mol. The van der Waals surface area contributed by atoms with Crippen molar-refractivity contribution < 1.29 is 23.8 Å². The molecular weight excluding hydrogens is 390 g/mol. The number of aryl methyl sites for hydroxylation is 1. The molecule has 150 valence electrons. The molecule has 0 saturated carbocycles. The minimum absolute atomic E-state index is 0.0549. The lowest BCUT2D eigenvalue weighted by molar-refractivity contribution is -0.153. The van der Waals surface area contributed by atoms with E-state index in [1.807, 2.05) is 37.4 Å². The number of Topliss-reactive ketones (excluding diaryl/α,β-unsaturated/α-hetero) is 1. The maximum absolute atomic E-state index is 12.7. The number of para-hydroxylation sites is 2. The molecule has 0 aliphatic carbocycles. The van der Waals surface area contributed by atoms with Crippen molar-refractivity contribution in [2.75, 3.05) is 13.2 Å². The summed E-state index contributed by atoms with van der Waals surface area (Å²) in [5, 5.41) is 2.03. The molecule has 1 atom stereocenters. The van der Waals surface area contributed by atoms with Crippen molar-refractivity contribution in [1.29, 1.82) is 0 Å². The number of carbonyl (C=O) groups excluding carboxylic acids is 2. The van der Waals surface area contributed by atoms with Crippen LogP contribution < -0.4 is 9.47 Å². The minimum atomic E-state index is -0.885. The fourth-order valence-electron chi connectivity index (χ4n) is 3.33. The molecule has 29 heavy (non-hydrogen) atoms. The van der Waals surface area contributed by atoms with Crippen molar-refractivity contribution in [3.63, 3.8) is 0 Å². The van der Waals surface area contributed by atoms with Gasteiger partial charge >= 0.3 is 5.97 Å². The zero-order valence-electron chi connectivity index (χ0n) is 16.2. The Bertz CT molecular complexity index is 1040. The lowest BCUT2D eigenvalue weighted by Crippen LogP contribution is -2.38. The van der Waals surface area contributed by atoms with Crippen molar-refractivity contribution in [1.82, 2.24) is 4.57 Å². The summed E-state index contributed by atoms with van der Waals surface area (Å²) in [6.07, 6.45) is -0.885. The average Bonchev–Trinajstić information content (AvgIpc) is 3.35. The van der Waals surface area contributed by atoms with Gasteiger partial charge in [0.15, 0.2) is 18.1 Å². The lowest BCUT2D eigenvalue weighted by atomic mass is 10.1. The molecule has 0 saturated heterocycles. The summed E-state index contributed by atoms with van der Waals surface area (Å²) in [5.74, 6) is 0.233. The number of ketones is 1. The number of carbonyl (C=O) groups is 2. The number of ether oxygens (including phenoxy) is 3. The largest absolute Gasteiger partial charge is 0.485 e. The van der Waals surface area contributed by atoms with E-state index in [9.17, 15) is 9.59 Å². The van der Waals surface area contributed by atoms with Crippen LogP contribution in [0.2, 0.25) is 0 Å². The van der Waals surface area contributed by atoms with Crippen molar-refractivity contribution in [2.24, 2.45) is 0 Å². The zero-order chi connectivity index (χ0) is 20.4. The number of nitrogens with zero attached hydrogens (tertiary/aromatic N) is 1. The summed E-state index contributed by atoms with van der Waals surface area (Å²) in [7, 11) is 0. The zero-order valence-corrected chi connectivity index (χ0v) is 17.0. The van der Waals surface area contributed by atoms with E-state index < -0.39 is 12.1 Å². The number of aromatic nitrogens is 1. The van der Waals surface area contributed by atoms with E-state index in [-0.39, 0.29) is 19.0 Å². The molecule has 0 spiro atoms.